The van der Waals surface area contributed by atoms with Gasteiger partial charge >= 0.3 is 5.97 Å². The van der Waals surface area contributed by atoms with Gasteiger partial charge in [-0.1, -0.05) is 41.4 Å². The summed E-state index contributed by atoms with van der Waals surface area (Å²) in [6.45, 7) is 2.91. The molecule has 6 rings (SSSR count). The molecule has 3 heterocycles. The number of halogens is 1. The van der Waals surface area contributed by atoms with Crippen LogP contribution in [0.25, 0.3) is 33.3 Å². The number of hydrogen-bond acceptors (Lipinski definition) is 7. The van der Waals surface area contributed by atoms with Gasteiger partial charge < -0.3 is 9.64 Å². The van der Waals surface area contributed by atoms with E-state index < -0.39 is 10.0 Å². The molecule has 0 spiro atoms. The quantitative estimate of drug-likeness (QED) is 0.201. The third kappa shape index (κ3) is 4.58. The number of aromatic nitrogens is 1. The molecule has 2 aromatic heterocycles. The summed E-state index contributed by atoms with van der Waals surface area (Å²) in [5.41, 5.74) is 4.58. The predicted molar refractivity (Wildman–Crippen MR) is 162 cm³/mol. The molecule has 0 radical (unpaired) electrons. The van der Waals surface area contributed by atoms with Crippen molar-refractivity contribution in [2.24, 2.45) is 5.92 Å². The van der Waals surface area contributed by atoms with Crippen molar-refractivity contribution in [2.75, 3.05) is 25.1 Å². The minimum atomic E-state index is -4.09. The van der Waals surface area contributed by atoms with Gasteiger partial charge in [-0.3, -0.25) is 4.79 Å². The van der Waals surface area contributed by atoms with Crippen molar-refractivity contribution < 1.29 is 17.9 Å². The number of ether oxygens (including phenoxy) is 1. The summed E-state index contributed by atoms with van der Waals surface area (Å²) in [6, 6.07) is 23.5. The second-order valence-corrected chi connectivity index (χ2v) is 13.1. The normalized spacial score (nSPS) is 13.7. The maximum absolute atomic E-state index is 14.4. The maximum atomic E-state index is 14.4. The molecule has 0 saturated carbocycles. The Labute approximate surface area is 246 Å². The summed E-state index contributed by atoms with van der Waals surface area (Å²) in [4.78, 5) is 14.6. The van der Waals surface area contributed by atoms with Crippen LogP contribution >= 0.6 is 22.9 Å². The highest BCUT2D eigenvalue weighted by Gasteiger charge is 2.35. The largest absolute Gasteiger partial charge is 0.469 e. The van der Waals surface area contributed by atoms with Gasteiger partial charge in [-0.15, -0.1) is 11.3 Å². The fourth-order valence-corrected chi connectivity index (χ4v) is 7.69. The monoisotopic (exact) mass is 601 g/mol. The highest BCUT2D eigenvalue weighted by Crippen LogP contribution is 2.46. The lowest BCUT2D eigenvalue weighted by atomic mass is 9.96. The topological polar surface area (TPSA) is 92.4 Å². The maximum Gasteiger partial charge on any atom is 0.312 e. The Morgan fingerprint density at radius 3 is 2.54 bits per heavy atom. The zero-order valence-corrected chi connectivity index (χ0v) is 24.6. The molecule has 0 amide bonds. The van der Waals surface area contributed by atoms with E-state index in [9.17, 15) is 18.5 Å². The Balaban J connectivity index is 1.64. The first-order valence-electron chi connectivity index (χ1n) is 12.8. The van der Waals surface area contributed by atoms with Crippen LogP contribution in [0.5, 0.6) is 0 Å². The van der Waals surface area contributed by atoms with E-state index in [0.29, 0.717) is 56.3 Å². The van der Waals surface area contributed by atoms with Crippen LogP contribution < -0.4 is 4.90 Å². The number of rotatable bonds is 6. The molecule has 7 nitrogen and oxygen atoms in total. The number of esters is 1. The zero-order chi connectivity index (χ0) is 28.9. The van der Waals surface area contributed by atoms with Crippen LogP contribution in [0, 0.1) is 24.2 Å². The van der Waals surface area contributed by atoms with Crippen molar-refractivity contribution in [1.29, 1.82) is 5.26 Å². The Morgan fingerprint density at radius 2 is 1.83 bits per heavy atom. The number of nitriles is 1. The SMILES string of the molecule is COC(=O)C1CN(c2cccc(-c3c(-c4ccsc4C#N)c4cc(Cl)ccc4n3S(=O)(=O)c3ccc(C)cc3)c2)C1. The number of methoxy groups -OCH3 is 1. The Hall–Kier alpha value is -4.10. The molecule has 0 bridgehead atoms. The van der Waals surface area contributed by atoms with Crippen LogP contribution in [-0.4, -0.2) is 38.6 Å². The summed E-state index contributed by atoms with van der Waals surface area (Å²) in [6.07, 6.45) is 0. The van der Waals surface area contributed by atoms with Gasteiger partial charge in [-0.05, 0) is 60.8 Å². The number of nitrogens with zero attached hydrogens (tertiary/aromatic N) is 3. The van der Waals surface area contributed by atoms with Crippen molar-refractivity contribution in [3.8, 4) is 28.5 Å². The highest BCUT2D eigenvalue weighted by atomic mass is 35.5. The summed E-state index contributed by atoms with van der Waals surface area (Å²) in [5.74, 6) is -0.457. The number of anilines is 1. The average molecular weight is 602 g/mol. The van der Waals surface area contributed by atoms with Crippen LogP contribution in [0.3, 0.4) is 0 Å². The summed E-state index contributed by atoms with van der Waals surface area (Å²) < 4.78 is 35.1. The number of benzene rings is 3. The van der Waals surface area contributed by atoms with E-state index in [0.717, 1.165) is 11.3 Å². The molecule has 1 aliphatic heterocycles. The molecule has 41 heavy (non-hydrogen) atoms. The number of carbonyl (C=O) groups excluding carboxylic acids is 1. The van der Waals surface area contributed by atoms with Crippen LogP contribution in [-0.2, 0) is 19.6 Å². The van der Waals surface area contributed by atoms with E-state index in [1.54, 1.807) is 42.5 Å². The molecule has 0 aliphatic carbocycles. The van der Waals surface area contributed by atoms with E-state index in [-0.39, 0.29) is 16.8 Å². The van der Waals surface area contributed by atoms with E-state index in [1.807, 2.05) is 47.5 Å². The van der Waals surface area contributed by atoms with Crippen molar-refractivity contribution in [2.45, 2.75) is 11.8 Å². The van der Waals surface area contributed by atoms with Crippen molar-refractivity contribution in [3.63, 3.8) is 0 Å². The smallest absolute Gasteiger partial charge is 0.312 e. The molecule has 5 aromatic rings. The van der Waals surface area contributed by atoms with Crippen LogP contribution in [0.4, 0.5) is 5.69 Å². The van der Waals surface area contributed by atoms with Crippen molar-refractivity contribution in [1.82, 2.24) is 3.97 Å². The highest BCUT2D eigenvalue weighted by molar-refractivity contribution is 7.90. The minimum Gasteiger partial charge on any atom is -0.469 e. The minimum absolute atomic E-state index is 0.147. The van der Waals surface area contributed by atoms with Crippen molar-refractivity contribution >= 4 is 55.5 Å². The van der Waals surface area contributed by atoms with Gasteiger partial charge in [0.25, 0.3) is 10.0 Å². The molecule has 1 fully saturated rings. The lowest BCUT2D eigenvalue weighted by molar-refractivity contribution is -0.146. The van der Waals surface area contributed by atoms with Crippen LogP contribution in [0.15, 0.2) is 83.1 Å². The second kappa shape index (κ2) is 10.4. The Morgan fingerprint density at radius 1 is 1.07 bits per heavy atom. The standard InChI is InChI=1S/C31H24ClN3O4S2/c1-19-6-9-24(10-7-19)41(37,38)35-27-11-8-22(32)15-26(27)29(25-12-13-40-28(25)16-33)30(35)20-4-3-5-23(14-20)34-17-21(18-34)31(36)39-2/h3-15,21H,17-18H2,1-2H3. The molecule has 3 aromatic carbocycles. The molecule has 1 aliphatic rings. The second-order valence-electron chi connectivity index (χ2n) is 9.92. The summed E-state index contributed by atoms with van der Waals surface area (Å²) in [7, 11) is -2.71. The fraction of sp³-hybridized carbons (Fsp3) is 0.161. The summed E-state index contributed by atoms with van der Waals surface area (Å²) in [5, 5.41) is 12.8. The van der Waals surface area contributed by atoms with Gasteiger partial charge in [0.05, 0.1) is 29.1 Å². The van der Waals surface area contributed by atoms with Gasteiger partial charge in [-0.25, -0.2) is 12.4 Å². The molecular formula is C31H24ClN3O4S2. The van der Waals surface area contributed by atoms with Crippen molar-refractivity contribution in [3.05, 3.63) is 93.6 Å². The lowest BCUT2D eigenvalue weighted by Gasteiger charge is -2.39. The van der Waals surface area contributed by atoms with Gasteiger partial charge in [0.2, 0.25) is 0 Å². The number of thiophene rings is 1. The number of aryl methyl sites for hydroxylation is 1. The van der Waals surface area contributed by atoms with E-state index >= 15 is 0 Å². The van der Waals surface area contributed by atoms with E-state index in [2.05, 4.69) is 6.07 Å². The van der Waals surface area contributed by atoms with Crippen LogP contribution in [0.2, 0.25) is 5.02 Å². The molecule has 0 atom stereocenters. The van der Waals surface area contributed by atoms with Crippen LogP contribution in [0.1, 0.15) is 10.4 Å². The predicted octanol–water partition coefficient (Wildman–Crippen LogP) is 6.72. The molecular weight excluding hydrogens is 578 g/mol. The molecule has 1 saturated heterocycles. The number of carbonyl (C=O) groups is 1. The lowest BCUT2D eigenvalue weighted by Crippen LogP contribution is -2.50. The third-order valence-corrected chi connectivity index (χ3v) is 10.2. The first-order valence-corrected chi connectivity index (χ1v) is 15.5. The Kier molecular flexibility index (Phi) is 6.86. The van der Waals surface area contributed by atoms with Gasteiger partial charge in [0.1, 0.15) is 10.9 Å². The van der Waals surface area contributed by atoms with Gasteiger partial charge in [0, 0.05) is 45.9 Å². The molecule has 0 N–H and O–H groups in total. The number of hydrogen-bond donors (Lipinski definition) is 0. The zero-order valence-electron chi connectivity index (χ0n) is 22.2. The molecule has 0 unspecified atom stereocenters. The first kappa shape index (κ1) is 27.1. The molecule has 206 valence electrons. The summed E-state index contributed by atoms with van der Waals surface area (Å²) >= 11 is 7.76. The average Bonchev–Trinajstić information content (AvgIpc) is 3.54. The van der Waals surface area contributed by atoms with E-state index in [1.165, 1.54) is 22.4 Å². The fourth-order valence-electron chi connectivity index (χ4n) is 5.28. The molecule has 10 heteroatoms. The van der Waals surface area contributed by atoms with E-state index in [4.69, 9.17) is 16.3 Å². The van der Waals surface area contributed by atoms with Gasteiger partial charge in [0.15, 0.2) is 0 Å². The first-order chi connectivity index (χ1) is 19.7. The Bertz CT molecular complexity index is 1960. The van der Waals surface area contributed by atoms with Gasteiger partial charge in [-0.2, -0.15) is 5.26 Å². The number of fused-ring (bicyclic) bond motifs is 1. The third-order valence-electron chi connectivity index (χ3n) is 7.38.